The number of aromatic nitrogens is 2. The van der Waals surface area contributed by atoms with Crippen LogP contribution in [-0.2, 0) is 11.8 Å². The highest BCUT2D eigenvalue weighted by Gasteiger charge is 2.18. The fourth-order valence-corrected chi connectivity index (χ4v) is 1.96. The van der Waals surface area contributed by atoms with Gasteiger partial charge in [-0.25, -0.2) is 4.79 Å². The predicted molar refractivity (Wildman–Crippen MR) is 83.1 cm³/mol. The first kappa shape index (κ1) is 17.5. The van der Waals surface area contributed by atoms with Crippen molar-refractivity contribution in [3.8, 4) is 0 Å². The Morgan fingerprint density at radius 2 is 2.14 bits per heavy atom. The van der Waals surface area contributed by atoms with Gasteiger partial charge in [-0.3, -0.25) is 4.68 Å². The van der Waals surface area contributed by atoms with Crippen LogP contribution in [0.5, 0.6) is 0 Å². The largest absolute Gasteiger partial charge is 0.444 e. The normalized spacial score (nSPS) is 14.6. The number of hydrogen-bond donors (Lipinski definition) is 2. The van der Waals surface area contributed by atoms with Crippen LogP contribution in [0.4, 0.5) is 4.79 Å². The van der Waals surface area contributed by atoms with Gasteiger partial charge in [0.15, 0.2) is 0 Å². The minimum Gasteiger partial charge on any atom is -0.444 e. The van der Waals surface area contributed by atoms with Crippen molar-refractivity contribution in [2.24, 2.45) is 7.05 Å². The molecule has 0 aromatic carbocycles. The third-order valence-electron chi connectivity index (χ3n) is 3.10. The summed E-state index contributed by atoms with van der Waals surface area (Å²) in [7, 11) is 1.90. The van der Waals surface area contributed by atoms with Crippen LogP contribution in [-0.4, -0.2) is 34.1 Å². The van der Waals surface area contributed by atoms with Crippen molar-refractivity contribution in [3.05, 3.63) is 18.0 Å². The fraction of sp³-hybridized carbons (Fsp3) is 0.733. The van der Waals surface area contributed by atoms with Gasteiger partial charge in [-0.1, -0.05) is 6.92 Å². The zero-order valence-corrected chi connectivity index (χ0v) is 13.9. The van der Waals surface area contributed by atoms with Crippen LogP contribution in [0.25, 0.3) is 0 Å². The zero-order chi connectivity index (χ0) is 16.0. The molecule has 6 nitrogen and oxygen atoms in total. The van der Waals surface area contributed by atoms with E-state index in [4.69, 9.17) is 4.74 Å². The lowest BCUT2D eigenvalue weighted by Crippen LogP contribution is -2.43. The highest BCUT2D eigenvalue weighted by molar-refractivity contribution is 5.67. The van der Waals surface area contributed by atoms with Gasteiger partial charge in [0.2, 0.25) is 0 Å². The molecule has 21 heavy (non-hydrogen) atoms. The molecule has 0 radical (unpaired) electrons. The number of rotatable bonds is 6. The first-order valence-corrected chi connectivity index (χ1v) is 7.42. The topological polar surface area (TPSA) is 68.2 Å². The highest BCUT2D eigenvalue weighted by atomic mass is 16.6. The van der Waals surface area contributed by atoms with E-state index in [1.807, 2.05) is 40.2 Å². The number of ether oxygens (including phenoxy) is 1. The van der Waals surface area contributed by atoms with E-state index >= 15 is 0 Å². The molecule has 2 unspecified atom stereocenters. The molecule has 1 amide bonds. The molecular formula is C15H28N4O2. The van der Waals surface area contributed by atoms with E-state index in [1.165, 1.54) is 0 Å². The van der Waals surface area contributed by atoms with E-state index in [-0.39, 0.29) is 18.2 Å². The Morgan fingerprint density at radius 1 is 1.48 bits per heavy atom. The molecule has 1 heterocycles. The van der Waals surface area contributed by atoms with Gasteiger partial charge in [0.1, 0.15) is 5.60 Å². The molecule has 2 atom stereocenters. The molecule has 0 aliphatic heterocycles. The number of carbonyl (C=O) groups is 1. The van der Waals surface area contributed by atoms with Crippen molar-refractivity contribution in [1.82, 2.24) is 20.4 Å². The first-order chi connectivity index (χ1) is 9.71. The Bertz CT molecular complexity index is 451. The summed E-state index contributed by atoms with van der Waals surface area (Å²) in [5.41, 5.74) is 0.663. The van der Waals surface area contributed by atoms with Crippen molar-refractivity contribution < 1.29 is 9.53 Å². The standard InChI is InChI=1S/C15H28N4O2/c1-7-13(9-16-14(20)21-15(3,4)5)18-11(2)12-8-17-19(6)10-12/h8,10-11,13,18H,7,9H2,1-6H3,(H,16,20). The number of amides is 1. The molecular weight excluding hydrogens is 268 g/mol. The van der Waals surface area contributed by atoms with Crippen LogP contribution in [0.3, 0.4) is 0 Å². The second kappa shape index (κ2) is 7.45. The van der Waals surface area contributed by atoms with Crippen molar-refractivity contribution in [1.29, 1.82) is 0 Å². The van der Waals surface area contributed by atoms with E-state index in [0.29, 0.717) is 6.54 Å². The van der Waals surface area contributed by atoms with Crippen LogP contribution < -0.4 is 10.6 Å². The molecule has 6 heteroatoms. The summed E-state index contributed by atoms with van der Waals surface area (Å²) in [6, 6.07) is 0.372. The third-order valence-corrected chi connectivity index (χ3v) is 3.10. The quantitative estimate of drug-likeness (QED) is 0.845. The average Bonchev–Trinajstić information content (AvgIpc) is 2.79. The number of alkyl carbamates (subject to hydrolysis) is 1. The van der Waals surface area contributed by atoms with Gasteiger partial charge >= 0.3 is 6.09 Å². The lowest BCUT2D eigenvalue weighted by molar-refractivity contribution is 0.0521. The minimum absolute atomic E-state index is 0.184. The van der Waals surface area contributed by atoms with Crippen LogP contribution in [0.15, 0.2) is 12.4 Å². The Kier molecular flexibility index (Phi) is 6.20. The van der Waals surface area contributed by atoms with E-state index < -0.39 is 5.60 Å². The van der Waals surface area contributed by atoms with Crippen LogP contribution in [0.1, 0.15) is 52.6 Å². The molecule has 0 spiro atoms. The average molecular weight is 296 g/mol. The lowest BCUT2D eigenvalue weighted by atomic mass is 10.1. The van der Waals surface area contributed by atoms with Gasteiger partial charge in [-0.2, -0.15) is 5.10 Å². The predicted octanol–water partition coefficient (Wildman–Crippen LogP) is 2.37. The van der Waals surface area contributed by atoms with Crippen LogP contribution >= 0.6 is 0 Å². The molecule has 0 saturated heterocycles. The van der Waals surface area contributed by atoms with Crippen molar-refractivity contribution in [3.63, 3.8) is 0 Å². The molecule has 0 aliphatic carbocycles. The van der Waals surface area contributed by atoms with Crippen LogP contribution in [0, 0.1) is 0 Å². The molecule has 2 N–H and O–H groups in total. The van der Waals surface area contributed by atoms with Crippen molar-refractivity contribution in [2.45, 2.75) is 58.7 Å². The van der Waals surface area contributed by atoms with Gasteiger partial charge < -0.3 is 15.4 Å². The summed E-state index contributed by atoms with van der Waals surface area (Å²) in [4.78, 5) is 11.7. The number of aryl methyl sites for hydroxylation is 1. The van der Waals surface area contributed by atoms with Gasteiger partial charge in [-0.05, 0) is 34.1 Å². The first-order valence-electron chi connectivity index (χ1n) is 7.42. The van der Waals surface area contributed by atoms with E-state index in [9.17, 15) is 4.79 Å². The summed E-state index contributed by atoms with van der Waals surface area (Å²) < 4.78 is 7.02. The second-order valence-electron chi connectivity index (χ2n) is 6.32. The maximum absolute atomic E-state index is 11.7. The Balaban J connectivity index is 2.43. The highest BCUT2D eigenvalue weighted by Crippen LogP contribution is 2.12. The van der Waals surface area contributed by atoms with Crippen molar-refractivity contribution >= 4 is 6.09 Å². The van der Waals surface area contributed by atoms with Gasteiger partial charge in [0, 0.05) is 37.4 Å². The van der Waals surface area contributed by atoms with E-state index in [0.717, 1.165) is 12.0 Å². The molecule has 1 rings (SSSR count). The summed E-state index contributed by atoms with van der Waals surface area (Å²) in [5, 5.41) is 10.5. The fourth-order valence-electron chi connectivity index (χ4n) is 1.96. The number of carbonyl (C=O) groups excluding carboxylic acids is 1. The Morgan fingerprint density at radius 3 is 2.62 bits per heavy atom. The molecule has 0 aliphatic rings. The number of nitrogens with one attached hydrogen (secondary N) is 2. The van der Waals surface area contributed by atoms with Gasteiger partial charge in [0.05, 0.1) is 6.20 Å². The molecule has 0 bridgehead atoms. The maximum Gasteiger partial charge on any atom is 0.407 e. The number of nitrogens with zero attached hydrogens (tertiary/aromatic N) is 2. The van der Waals surface area contributed by atoms with Crippen molar-refractivity contribution in [2.75, 3.05) is 6.54 Å². The summed E-state index contributed by atoms with van der Waals surface area (Å²) in [6.07, 6.45) is 4.38. The number of hydrogen-bond acceptors (Lipinski definition) is 4. The maximum atomic E-state index is 11.7. The van der Waals surface area contributed by atoms with Crippen LogP contribution in [0.2, 0.25) is 0 Å². The van der Waals surface area contributed by atoms with E-state index in [1.54, 1.807) is 4.68 Å². The molecule has 120 valence electrons. The minimum atomic E-state index is -0.470. The second-order valence-corrected chi connectivity index (χ2v) is 6.32. The molecule has 1 aromatic rings. The summed E-state index contributed by atoms with van der Waals surface area (Å²) in [6.45, 7) is 10.3. The lowest BCUT2D eigenvalue weighted by Gasteiger charge is -2.24. The third kappa shape index (κ3) is 6.62. The van der Waals surface area contributed by atoms with Gasteiger partial charge in [-0.15, -0.1) is 0 Å². The van der Waals surface area contributed by atoms with E-state index in [2.05, 4.69) is 29.6 Å². The zero-order valence-electron chi connectivity index (χ0n) is 13.9. The summed E-state index contributed by atoms with van der Waals surface area (Å²) >= 11 is 0. The van der Waals surface area contributed by atoms with Gasteiger partial charge in [0.25, 0.3) is 0 Å². The molecule has 0 fully saturated rings. The molecule has 0 saturated carbocycles. The monoisotopic (exact) mass is 296 g/mol. The summed E-state index contributed by atoms with van der Waals surface area (Å²) in [5.74, 6) is 0. The Labute approximate surface area is 127 Å². The smallest absolute Gasteiger partial charge is 0.407 e. The Hall–Kier alpha value is -1.56. The molecule has 1 aromatic heterocycles. The SMILES string of the molecule is CCC(CNC(=O)OC(C)(C)C)NC(C)c1cnn(C)c1.